The number of hydrogen-bond donors (Lipinski definition) is 1. The molecule has 0 saturated heterocycles. The Labute approximate surface area is 154 Å². The van der Waals surface area contributed by atoms with Crippen molar-refractivity contribution in [1.29, 1.82) is 0 Å². The number of nitrogens with one attached hydrogen (secondary N) is 1. The van der Waals surface area contributed by atoms with Crippen LogP contribution in [-0.4, -0.2) is 16.1 Å². The predicted molar refractivity (Wildman–Crippen MR) is 104 cm³/mol. The summed E-state index contributed by atoms with van der Waals surface area (Å²) in [6.07, 6.45) is 7.88. The van der Waals surface area contributed by atoms with Gasteiger partial charge in [0.25, 0.3) is 0 Å². The maximum Gasteiger partial charge on any atom is 0.174 e. The highest BCUT2D eigenvalue weighted by molar-refractivity contribution is 7.80. The van der Waals surface area contributed by atoms with E-state index in [1.165, 1.54) is 32.1 Å². The first-order chi connectivity index (χ1) is 11.6. The lowest BCUT2D eigenvalue weighted by Gasteiger charge is -2.39. The van der Waals surface area contributed by atoms with Gasteiger partial charge in [-0.2, -0.15) is 0 Å². The van der Waals surface area contributed by atoms with Crippen LogP contribution < -0.4 is 5.32 Å². The zero-order valence-electron chi connectivity index (χ0n) is 13.9. The van der Waals surface area contributed by atoms with Crippen LogP contribution in [0.3, 0.4) is 0 Å². The molecular formula is C19H23ClN2OS. The average Bonchev–Trinajstić information content (AvgIpc) is 3.10. The van der Waals surface area contributed by atoms with Gasteiger partial charge in [-0.15, -0.1) is 0 Å². The molecule has 1 N–H and O–H groups in total. The maximum absolute atomic E-state index is 6.09. The van der Waals surface area contributed by atoms with Gasteiger partial charge in [0.2, 0.25) is 0 Å². The largest absolute Gasteiger partial charge is 0.467 e. The first-order valence-electron chi connectivity index (χ1n) is 8.53. The van der Waals surface area contributed by atoms with Crippen molar-refractivity contribution in [2.24, 2.45) is 0 Å². The first kappa shape index (κ1) is 17.3. The quantitative estimate of drug-likeness (QED) is 0.672. The lowest BCUT2D eigenvalue weighted by molar-refractivity contribution is 0.186. The Morgan fingerprint density at radius 2 is 2.04 bits per heavy atom. The Bertz CT molecular complexity index is 668. The summed E-state index contributed by atoms with van der Waals surface area (Å²) in [5.74, 6) is 0.941. The molecule has 0 aliphatic heterocycles. The second kappa shape index (κ2) is 8.04. The molecule has 24 heavy (non-hydrogen) atoms. The van der Waals surface area contributed by atoms with Gasteiger partial charge in [0, 0.05) is 16.8 Å². The summed E-state index contributed by atoms with van der Waals surface area (Å²) in [5, 5.41) is 4.78. The topological polar surface area (TPSA) is 28.4 Å². The van der Waals surface area contributed by atoms with Crippen molar-refractivity contribution in [3.8, 4) is 0 Å². The lowest BCUT2D eigenvalue weighted by Crippen LogP contribution is -2.45. The van der Waals surface area contributed by atoms with E-state index >= 15 is 0 Å². The molecule has 1 aromatic carbocycles. The Kier molecular flexibility index (Phi) is 5.80. The monoisotopic (exact) mass is 362 g/mol. The molecule has 5 heteroatoms. The number of rotatable bonds is 4. The van der Waals surface area contributed by atoms with Crippen LogP contribution in [0.4, 0.5) is 5.69 Å². The molecule has 1 aromatic heterocycles. The summed E-state index contributed by atoms with van der Waals surface area (Å²) < 4.78 is 5.64. The molecule has 1 aliphatic carbocycles. The van der Waals surface area contributed by atoms with Gasteiger partial charge in [0.1, 0.15) is 5.76 Å². The predicted octanol–water partition coefficient (Wildman–Crippen LogP) is 6.03. The number of benzene rings is 1. The van der Waals surface area contributed by atoms with Crippen LogP contribution >= 0.6 is 23.8 Å². The summed E-state index contributed by atoms with van der Waals surface area (Å²) in [4.78, 5) is 2.30. The van der Waals surface area contributed by atoms with E-state index in [0.29, 0.717) is 11.1 Å². The molecule has 1 fully saturated rings. The van der Waals surface area contributed by atoms with Gasteiger partial charge in [-0.05, 0) is 62.3 Å². The minimum absolute atomic E-state index is 0.0993. The van der Waals surface area contributed by atoms with E-state index in [0.717, 1.165) is 16.6 Å². The minimum atomic E-state index is 0.0993. The molecule has 2 aromatic rings. The van der Waals surface area contributed by atoms with Gasteiger partial charge < -0.3 is 14.6 Å². The van der Waals surface area contributed by atoms with Gasteiger partial charge in [-0.3, -0.25) is 0 Å². The number of halogens is 1. The number of thiocarbonyl (C=S) groups is 1. The van der Waals surface area contributed by atoms with E-state index < -0.39 is 0 Å². The lowest BCUT2D eigenvalue weighted by atomic mass is 9.93. The van der Waals surface area contributed by atoms with E-state index in [1.807, 2.05) is 36.4 Å². The molecule has 128 valence electrons. The zero-order valence-corrected chi connectivity index (χ0v) is 15.4. The highest BCUT2D eigenvalue weighted by atomic mass is 35.5. The molecule has 3 rings (SSSR count). The minimum Gasteiger partial charge on any atom is -0.467 e. The number of furan rings is 1. The van der Waals surface area contributed by atoms with Crippen molar-refractivity contribution in [3.63, 3.8) is 0 Å². The van der Waals surface area contributed by atoms with Gasteiger partial charge in [0.15, 0.2) is 5.11 Å². The van der Waals surface area contributed by atoms with Gasteiger partial charge in [-0.1, -0.05) is 36.9 Å². The second-order valence-electron chi connectivity index (χ2n) is 6.33. The van der Waals surface area contributed by atoms with E-state index in [2.05, 4.69) is 17.1 Å². The fraction of sp³-hybridized carbons (Fsp3) is 0.421. The average molecular weight is 363 g/mol. The Morgan fingerprint density at radius 1 is 1.25 bits per heavy atom. The van der Waals surface area contributed by atoms with Crippen LogP contribution in [0.5, 0.6) is 0 Å². The maximum atomic E-state index is 6.09. The second-order valence-corrected chi connectivity index (χ2v) is 7.15. The van der Waals surface area contributed by atoms with Crippen molar-refractivity contribution < 1.29 is 4.42 Å². The standard InChI is InChI=1S/C19H23ClN2OS/c1-14(18-11-6-12-23-18)22(17-9-3-2-4-10-17)19(24)21-16-8-5-7-15(20)13-16/h5-8,11-14,17H,2-4,9-10H2,1H3,(H,21,24)/t14-/m1/s1. The Morgan fingerprint density at radius 3 is 2.71 bits per heavy atom. The fourth-order valence-corrected chi connectivity index (χ4v) is 4.05. The Hall–Kier alpha value is -1.52. The van der Waals surface area contributed by atoms with Gasteiger partial charge in [-0.25, -0.2) is 0 Å². The van der Waals surface area contributed by atoms with Crippen molar-refractivity contribution in [2.75, 3.05) is 5.32 Å². The third kappa shape index (κ3) is 4.11. The normalized spacial score (nSPS) is 16.6. The Balaban J connectivity index is 1.81. The molecule has 0 bridgehead atoms. The van der Waals surface area contributed by atoms with E-state index in [4.69, 9.17) is 28.2 Å². The smallest absolute Gasteiger partial charge is 0.174 e. The fourth-order valence-electron chi connectivity index (χ4n) is 3.44. The van der Waals surface area contributed by atoms with Crippen LogP contribution in [0.1, 0.15) is 50.8 Å². The van der Waals surface area contributed by atoms with Gasteiger partial charge in [0.05, 0.1) is 12.3 Å². The summed E-state index contributed by atoms with van der Waals surface area (Å²) in [6.45, 7) is 2.15. The molecule has 1 saturated carbocycles. The highest BCUT2D eigenvalue weighted by Crippen LogP contribution is 2.31. The number of nitrogens with zero attached hydrogens (tertiary/aromatic N) is 1. The van der Waals surface area contributed by atoms with Gasteiger partial charge >= 0.3 is 0 Å². The zero-order chi connectivity index (χ0) is 16.9. The first-order valence-corrected chi connectivity index (χ1v) is 9.32. The third-order valence-corrected chi connectivity index (χ3v) is 5.20. The molecule has 0 radical (unpaired) electrons. The molecule has 0 spiro atoms. The molecule has 0 amide bonds. The van der Waals surface area contributed by atoms with Crippen molar-refractivity contribution >= 4 is 34.6 Å². The molecular weight excluding hydrogens is 340 g/mol. The van der Waals surface area contributed by atoms with Crippen molar-refractivity contribution in [2.45, 2.75) is 51.1 Å². The van der Waals surface area contributed by atoms with Crippen LogP contribution in [-0.2, 0) is 0 Å². The van der Waals surface area contributed by atoms with Crippen LogP contribution in [0.25, 0.3) is 0 Å². The summed E-state index contributed by atoms with van der Waals surface area (Å²) in [7, 11) is 0. The number of anilines is 1. The molecule has 1 aliphatic rings. The number of hydrogen-bond acceptors (Lipinski definition) is 2. The third-order valence-electron chi connectivity index (χ3n) is 4.65. The van der Waals surface area contributed by atoms with E-state index in [9.17, 15) is 0 Å². The summed E-state index contributed by atoms with van der Waals surface area (Å²) in [6, 6.07) is 12.1. The molecule has 0 unspecified atom stereocenters. The van der Waals surface area contributed by atoms with Crippen molar-refractivity contribution in [3.05, 3.63) is 53.4 Å². The highest BCUT2D eigenvalue weighted by Gasteiger charge is 2.29. The van der Waals surface area contributed by atoms with E-state index in [-0.39, 0.29) is 6.04 Å². The summed E-state index contributed by atoms with van der Waals surface area (Å²) in [5.41, 5.74) is 0.917. The molecule has 1 atom stereocenters. The molecule has 3 nitrogen and oxygen atoms in total. The summed E-state index contributed by atoms with van der Waals surface area (Å²) >= 11 is 11.9. The van der Waals surface area contributed by atoms with E-state index in [1.54, 1.807) is 6.26 Å². The van der Waals surface area contributed by atoms with Crippen LogP contribution in [0, 0.1) is 0 Å². The van der Waals surface area contributed by atoms with Crippen molar-refractivity contribution in [1.82, 2.24) is 4.90 Å². The molecule has 1 heterocycles. The van der Waals surface area contributed by atoms with Crippen LogP contribution in [0.15, 0.2) is 47.1 Å². The SMILES string of the molecule is C[C@H](c1ccco1)N(C(=S)Nc1cccc(Cl)c1)C1CCCCC1. The van der Waals surface area contributed by atoms with Crippen LogP contribution in [0.2, 0.25) is 5.02 Å².